The average molecular weight is 582 g/mol. The van der Waals surface area contributed by atoms with Gasteiger partial charge in [-0.05, 0) is 94.9 Å². The van der Waals surface area contributed by atoms with Crippen molar-refractivity contribution in [1.29, 1.82) is 0 Å². The van der Waals surface area contributed by atoms with Crippen LogP contribution in [0.15, 0.2) is 145 Å². The number of para-hydroxylation sites is 1. The Kier molecular flexibility index (Phi) is 6.15. The number of aromatic nitrogens is 1. The number of fused-ring (bicyclic) bond motifs is 3. The van der Waals surface area contributed by atoms with Crippen LogP contribution in [-0.2, 0) is 0 Å². The van der Waals surface area contributed by atoms with E-state index in [9.17, 15) is 0 Å². The van der Waals surface area contributed by atoms with Crippen molar-refractivity contribution in [1.82, 2.24) is 4.98 Å². The van der Waals surface area contributed by atoms with Gasteiger partial charge in [0.15, 0.2) is 5.84 Å². The summed E-state index contributed by atoms with van der Waals surface area (Å²) < 4.78 is 0. The number of anilines is 1. The van der Waals surface area contributed by atoms with Gasteiger partial charge in [0.05, 0.1) is 11.1 Å². The molecule has 2 heterocycles. The Morgan fingerprint density at radius 1 is 0.511 bits per heavy atom. The molecular weight excluding hydrogens is 546 g/mol. The molecule has 3 nitrogen and oxygen atoms in total. The number of hydrogen-bond donors (Lipinski definition) is 0. The van der Waals surface area contributed by atoms with Gasteiger partial charge in [-0.2, -0.15) is 0 Å². The van der Waals surface area contributed by atoms with Crippen molar-refractivity contribution in [3.8, 4) is 22.3 Å². The van der Waals surface area contributed by atoms with Crippen molar-refractivity contribution in [3.05, 3.63) is 145 Å². The SMILES string of the molecule is CC1(C)N=C(c2ccc(-c3c4ccccc4c(-c4cccc5ccccc45)c4ccccc34)cn2)N(c2ccccc2)C1(C)C. The molecule has 3 heteroatoms. The minimum absolute atomic E-state index is 0.228. The molecule has 0 radical (unpaired) electrons. The molecule has 45 heavy (non-hydrogen) atoms. The lowest BCUT2D eigenvalue weighted by Gasteiger charge is -2.41. The maximum absolute atomic E-state index is 5.25. The molecule has 0 atom stereocenters. The topological polar surface area (TPSA) is 28.5 Å². The van der Waals surface area contributed by atoms with Crippen LogP contribution in [-0.4, -0.2) is 21.9 Å². The van der Waals surface area contributed by atoms with Crippen LogP contribution < -0.4 is 4.90 Å². The molecule has 6 aromatic carbocycles. The highest BCUT2D eigenvalue weighted by atomic mass is 15.3. The van der Waals surface area contributed by atoms with Crippen LogP contribution in [0.5, 0.6) is 0 Å². The standard InChI is InChI=1S/C42H35N3/c1-41(2)42(3,4)45(30-17-6-5-7-18-30)40(44-41)37-26-25-29(27-43-37)38-33-20-10-12-22-35(33)39(36-23-13-11-21-34(36)38)32-24-14-16-28-15-8-9-19-31(28)32/h5-27H,1-4H3. The Morgan fingerprint density at radius 3 is 1.69 bits per heavy atom. The van der Waals surface area contributed by atoms with Gasteiger partial charge in [-0.1, -0.05) is 115 Å². The molecule has 0 N–H and O–H groups in total. The molecule has 1 aromatic heterocycles. The van der Waals surface area contributed by atoms with Crippen LogP contribution in [0.3, 0.4) is 0 Å². The van der Waals surface area contributed by atoms with E-state index < -0.39 is 0 Å². The van der Waals surface area contributed by atoms with E-state index in [1.807, 2.05) is 6.20 Å². The Hall–Kier alpha value is -5.28. The largest absolute Gasteiger partial charge is 0.317 e. The first-order valence-electron chi connectivity index (χ1n) is 15.7. The molecule has 0 fully saturated rings. The van der Waals surface area contributed by atoms with Gasteiger partial charge in [-0.15, -0.1) is 0 Å². The van der Waals surface area contributed by atoms with E-state index in [0.29, 0.717) is 0 Å². The van der Waals surface area contributed by atoms with Crippen LogP contribution >= 0.6 is 0 Å². The fourth-order valence-corrected chi connectivity index (χ4v) is 7.03. The zero-order chi connectivity index (χ0) is 30.8. The van der Waals surface area contributed by atoms with Gasteiger partial charge in [-0.3, -0.25) is 9.98 Å². The zero-order valence-corrected chi connectivity index (χ0v) is 26.1. The second-order valence-electron chi connectivity index (χ2n) is 13.0. The van der Waals surface area contributed by atoms with Gasteiger partial charge in [-0.25, -0.2) is 0 Å². The molecule has 0 spiro atoms. The molecule has 0 aliphatic carbocycles. The highest BCUT2D eigenvalue weighted by Gasteiger charge is 2.50. The van der Waals surface area contributed by atoms with Gasteiger partial charge in [0.2, 0.25) is 0 Å². The summed E-state index contributed by atoms with van der Waals surface area (Å²) in [4.78, 5) is 12.7. The summed E-state index contributed by atoms with van der Waals surface area (Å²) in [7, 11) is 0. The summed E-state index contributed by atoms with van der Waals surface area (Å²) in [6.45, 7) is 8.95. The van der Waals surface area contributed by atoms with E-state index in [0.717, 1.165) is 22.8 Å². The lowest BCUT2D eigenvalue weighted by Crippen LogP contribution is -2.53. The number of hydrogen-bond acceptors (Lipinski definition) is 3. The summed E-state index contributed by atoms with van der Waals surface area (Å²) in [6, 6.07) is 47.8. The molecule has 0 saturated heterocycles. The molecule has 0 amide bonds. The van der Waals surface area contributed by atoms with Gasteiger partial charge in [0.1, 0.15) is 5.69 Å². The summed E-state index contributed by atoms with van der Waals surface area (Å²) in [5.74, 6) is 0.906. The van der Waals surface area contributed by atoms with E-state index in [1.165, 1.54) is 49.0 Å². The van der Waals surface area contributed by atoms with Crippen molar-refractivity contribution < 1.29 is 0 Å². The first kappa shape index (κ1) is 27.3. The summed E-state index contributed by atoms with van der Waals surface area (Å²) >= 11 is 0. The Labute approximate surface area is 264 Å². The number of amidine groups is 1. The van der Waals surface area contributed by atoms with Crippen molar-refractivity contribution in [2.45, 2.75) is 38.8 Å². The van der Waals surface area contributed by atoms with Crippen LogP contribution in [0.2, 0.25) is 0 Å². The van der Waals surface area contributed by atoms with Gasteiger partial charge in [0, 0.05) is 17.4 Å². The fraction of sp³-hybridized carbons (Fsp3) is 0.143. The number of nitrogens with zero attached hydrogens (tertiary/aromatic N) is 3. The first-order valence-corrected chi connectivity index (χ1v) is 15.7. The van der Waals surface area contributed by atoms with E-state index in [1.54, 1.807) is 0 Å². The van der Waals surface area contributed by atoms with Crippen LogP contribution in [0.25, 0.3) is 54.6 Å². The monoisotopic (exact) mass is 581 g/mol. The molecule has 1 aliphatic rings. The van der Waals surface area contributed by atoms with Crippen molar-refractivity contribution in [2.24, 2.45) is 4.99 Å². The molecule has 8 rings (SSSR count). The maximum Gasteiger partial charge on any atom is 0.155 e. The minimum Gasteiger partial charge on any atom is -0.317 e. The van der Waals surface area contributed by atoms with E-state index in [4.69, 9.17) is 9.98 Å². The molecule has 0 unspecified atom stereocenters. The van der Waals surface area contributed by atoms with Gasteiger partial charge < -0.3 is 4.90 Å². The van der Waals surface area contributed by atoms with Crippen LogP contribution in [0.1, 0.15) is 33.4 Å². The van der Waals surface area contributed by atoms with Gasteiger partial charge in [0.25, 0.3) is 0 Å². The first-order chi connectivity index (χ1) is 21.8. The third-order valence-electron chi connectivity index (χ3n) is 9.94. The summed E-state index contributed by atoms with van der Waals surface area (Å²) in [5, 5.41) is 7.44. The zero-order valence-electron chi connectivity index (χ0n) is 26.1. The van der Waals surface area contributed by atoms with E-state index >= 15 is 0 Å². The van der Waals surface area contributed by atoms with Crippen molar-refractivity contribution in [2.75, 3.05) is 4.90 Å². The molecular formula is C42H35N3. The normalized spacial score (nSPS) is 15.6. The number of rotatable bonds is 4. The molecule has 218 valence electrons. The highest BCUT2D eigenvalue weighted by molar-refractivity contribution is 6.23. The quantitative estimate of drug-likeness (QED) is 0.193. The average Bonchev–Trinajstić information content (AvgIpc) is 3.26. The second kappa shape index (κ2) is 10.1. The lowest BCUT2D eigenvalue weighted by atomic mass is 9.83. The maximum atomic E-state index is 5.25. The van der Waals surface area contributed by atoms with Crippen molar-refractivity contribution >= 4 is 43.8 Å². The molecule has 1 aliphatic heterocycles. The lowest BCUT2D eigenvalue weighted by molar-refractivity contribution is 0.338. The molecule has 0 bridgehead atoms. The predicted octanol–water partition coefficient (Wildman–Crippen LogP) is 10.7. The summed E-state index contributed by atoms with van der Waals surface area (Å²) in [6.07, 6.45) is 2.03. The van der Waals surface area contributed by atoms with Crippen molar-refractivity contribution in [3.63, 3.8) is 0 Å². The fourth-order valence-electron chi connectivity index (χ4n) is 7.03. The predicted molar refractivity (Wildman–Crippen MR) is 191 cm³/mol. The third kappa shape index (κ3) is 4.18. The van der Waals surface area contributed by atoms with Crippen LogP contribution in [0.4, 0.5) is 5.69 Å². The van der Waals surface area contributed by atoms with E-state index in [2.05, 4.69) is 166 Å². The second-order valence-corrected chi connectivity index (χ2v) is 13.0. The minimum atomic E-state index is -0.289. The van der Waals surface area contributed by atoms with Gasteiger partial charge >= 0.3 is 0 Å². The Bertz CT molecular complexity index is 2200. The number of benzene rings is 6. The molecule has 0 saturated carbocycles. The number of aliphatic imine (C=N–C) groups is 1. The van der Waals surface area contributed by atoms with Crippen LogP contribution in [0, 0.1) is 0 Å². The third-order valence-corrected chi connectivity index (χ3v) is 9.94. The van der Waals surface area contributed by atoms with E-state index in [-0.39, 0.29) is 11.1 Å². The Balaban J connectivity index is 1.32. The smallest absolute Gasteiger partial charge is 0.155 e. The Morgan fingerprint density at radius 2 is 1.07 bits per heavy atom. The highest BCUT2D eigenvalue weighted by Crippen LogP contribution is 2.46. The summed E-state index contributed by atoms with van der Waals surface area (Å²) in [5.41, 5.74) is 6.31. The number of pyridine rings is 1. The molecule has 7 aromatic rings.